The molecule has 0 aliphatic carbocycles. The summed E-state index contributed by atoms with van der Waals surface area (Å²) in [6.07, 6.45) is 0.848. The minimum absolute atomic E-state index is 0.0531. The summed E-state index contributed by atoms with van der Waals surface area (Å²) in [6.45, 7) is 1.29. The van der Waals surface area contributed by atoms with Gasteiger partial charge >= 0.3 is 0 Å². The summed E-state index contributed by atoms with van der Waals surface area (Å²) in [5, 5.41) is 7.28. The summed E-state index contributed by atoms with van der Waals surface area (Å²) in [4.78, 5) is 0. The van der Waals surface area contributed by atoms with Crippen molar-refractivity contribution < 1.29 is 9.47 Å². The molecular formula is C11H16N2O2. The number of benzene rings is 1. The number of ether oxygens (including phenoxy) is 2. The molecule has 0 spiro atoms. The number of amidine groups is 1. The number of hydrogen-bond donors (Lipinski definition) is 2. The molecule has 0 saturated carbocycles. The monoisotopic (exact) mass is 208 g/mol. The summed E-state index contributed by atoms with van der Waals surface area (Å²) in [5.74, 6) is 0.788. The molecule has 0 unspecified atom stereocenters. The highest BCUT2D eigenvalue weighted by atomic mass is 16.5. The standard InChI is InChI=1S/C11H16N2O2/c1-14-6-3-7-15-10-5-2-4-9(8-10)11(12)13/h2,4-5,8H,3,6-7H2,1H3,(H3,12,13). The molecule has 0 aliphatic rings. The number of nitrogens with two attached hydrogens (primary N) is 1. The van der Waals surface area contributed by atoms with E-state index in [-0.39, 0.29) is 5.84 Å². The zero-order chi connectivity index (χ0) is 11.1. The van der Waals surface area contributed by atoms with Crippen molar-refractivity contribution in [3.63, 3.8) is 0 Å². The fraction of sp³-hybridized carbons (Fsp3) is 0.364. The quantitative estimate of drug-likeness (QED) is 0.421. The topological polar surface area (TPSA) is 68.3 Å². The van der Waals surface area contributed by atoms with Gasteiger partial charge in [0.15, 0.2) is 0 Å². The number of rotatable bonds is 6. The fourth-order valence-electron chi connectivity index (χ4n) is 1.15. The second-order valence-corrected chi connectivity index (χ2v) is 3.14. The summed E-state index contributed by atoms with van der Waals surface area (Å²) in [6, 6.07) is 7.21. The molecule has 0 aliphatic heterocycles. The molecule has 1 aromatic carbocycles. The van der Waals surface area contributed by atoms with E-state index in [0.717, 1.165) is 12.2 Å². The van der Waals surface area contributed by atoms with Crippen LogP contribution in [0, 0.1) is 5.41 Å². The van der Waals surface area contributed by atoms with E-state index in [0.29, 0.717) is 18.8 Å². The third-order valence-electron chi connectivity index (χ3n) is 1.91. The van der Waals surface area contributed by atoms with Crippen LogP contribution in [0.25, 0.3) is 0 Å². The number of nitrogen functional groups attached to an aromatic ring is 1. The number of methoxy groups -OCH3 is 1. The van der Waals surface area contributed by atoms with Gasteiger partial charge in [-0.2, -0.15) is 0 Å². The van der Waals surface area contributed by atoms with Crippen LogP contribution in [0.4, 0.5) is 0 Å². The predicted octanol–water partition coefficient (Wildman–Crippen LogP) is 1.39. The minimum Gasteiger partial charge on any atom is -0.493 e. The second kappa shape index (κ2) is 6.03. The van der Waals surface area contributed by atoms with Gasteiger partial charge in [0.25, 0.3) is 0 Å². The maximum Gasteiger partial charge on any atom is 0.122 e. The van der Waals surface area contributed by atoms with Crippen LogP contribution in [-0.2, 0) is 4.74 Å². The van der Waals surface area contributed by atoms with Gasteiger partial charge in [-0.3, -0.25) is 5.41 Å². The molecule has 0 fully saturated rings. The summed E-state index contributed by atoms with van der Waals surface area (Å²) < 4.78 is 10.4. The molecule has 4 nitrogen and oxygen atoms in total. The molecule has 0 amide bonds. The lowest BCUT2D eigenvalue weighted by atomic mass is 10.2. The van der Waals surface area contributed by atoms with Crippen LogP contribution in [0.5, 0.6) is 5.75 Å². The Labute approximate surface area is 89.5 Å². The summed E-state index contributed by atoms with van der Waals surface area (Å²) in [7, 11) is 1.66. The van der Waals surface area contributed by atoms with Gasteiger partial charge < -0.3 is 15.2 Å². The van der Waals surface area contributed by atoms with Crippen LogP contribution in [0.15, 0.2) is 24.3 Å². The van der Waals surface area contributed by atoms with E-state index in [1.807, 2.05) is 12.1 Å². The molecule has 82 valence electrons. The molecule has 0 radical (unpaired) electrons. The first-order valence-corrected chi connectivity index (χ1v) is 4.80. The van der Waals surface area contributed by atoms with E-state index >= 15 is 0 Å². The maximum atomic E-state index is 7.28. The van der Waals surface area contributed by atoms with Crippen molar-refractivity contribution in [2.24, 2.45) is 5.73 Å². The Balaban J connectivity index is 2.47. The van der Waals surface area contributed by atoms with Crippen molar-refractivity contribution in [3.05, 3.63) is 29.8 Å². The molecule has 1 aromatic rings. The van der Waals surface area contributed by atoms with Gasteiger partial charge in [-0.1, -0.05) is 12.1 Å². The lowest BCUT2D eigenvalue weighted by Crippen LogP contribution is -2.11. The Morgan fingerprint density at radius 1 is 1.40 bits per heavy atom. The van der Waals surface area contributed by atoms with Crippen molar-refractivity contribution in [2.45, 2.75) is 6.42 Å². The van der Waals surface area contributed by atoms with Gasteiger partial charge in [0.05, 0.1) is 6.61 Å². The lowest BCUT2D eigenvalue weighted by Gasteiger charge is -2.06. The summed E-state index contributed by atoms with van der Waals surface area (Å²) >= 11 is 0. The fourth-order valence-corrected chi connectivity index (χ4v) is 1.15. The Bertz CT molecular complexity index is 326. The van der Waals surface area contributed by atoms with Gasteiger partial charge in [0.1, 0.15) is 11.6 Å². The largest absolute Gasteiger partial charge is 0.493 e. The van der Waals surface area contributed by atoms with E-state index in [2.05, 4.69) is 0 Å². The van der Waals surface area contributed by atoms with Gasteiger partial charge in [-0.15, -0.1) is 0 Å². The molecule has 0 aromatic heterocycles. The van der Waals surface area contributed by atoms with E-state index < -0.39 is 0 Å². The molecule has 4 heteroatoms. The Kier molecular flexibility index (Phi) is 4.63. The highest BCUT2D eigenvalue weighted by molar-refractivity contribution is 5.95. The van der Waals surface area contributed by atoms with Gasteiger partial charge in [-0.05, 0) is 12.1 Å². The Hall–Kier alpha value is -1.55. The first kappa shape index (κ1) is 11.5. The van der Waals surface area contributed by atoms with Crippen LogP contribution in [0.1, 0.15) is 12.0 Å². The summed E-state index contributed by atoms with van der Waals surface area (Å²) in [5.41, 5.74) is 6.05. The molecule has 0 bridgehead atoms. The average Bonchev–Trinajstić information content (AvgIpc) is 2.25. The first-order valence-electron chi connectivity index (χ1n) is 4.80. The van der Waals surface area contributed by atoms with E-state index in [1.54, 1.807) is 19.2 Å². The maximum absolute atomic E-state index is 7.28. The van der Waals surface area contributed by atoms with E-state index in [9.17, 15) is 0 Å². The molecule has 0 heterocycles. The highest BCUT2D eigenvalue weighted by Crippen LogP contribution is 2.12. The smallest absolute Gasteiger partial charge is 0.122 e. The molecule has 15 heavy (non-hydrogen) atoms. The number of hydrogen-bond acceptors (Lipinski definition) is 3. The minimum atomic E-state index is 0.0531. The second-order valence-electron chi connectivity index (χ2n) is 3.14. The van der Waals surface area contributed by atoms with E-state index in [1.165, 1.54) is 0 Å². The SMILES string of the molecule is COCCCOc1cccc(C(=N)N)c1. The van der Waals surface area contributed by atoms with Crippen molar-refractivity contribution in [1.29, 1.82) is 5.41 Å². The normalized spacial score (nSPS) is 9.93. The zero-order valence-electron chi connectivity index (χ0n) is 8.82. The zero-order valence-corrected chi connectivity index (χ0v) is 8.82. The molecule has 0 atom stereocenters. The average molecular weight is 208 g/mol. The van der Waals surface area contributed by atoms with Crippen LogP contribution in [0.3, 0.4) is 0 Å². The Morgan fingerprint density at radius 3 is 2.87 bits per heavy atom. The third-order valence-corrected chi connectivity index (χ3v) is 1.91. The van der Waals surface area contributed by atoms with Crippen LogP contribution in [0.2, 0.25) is 0 Å². The van der Waals surface area contributed by atoms with Gasteiger partial charge in [-0.25, -0.2) is 0 Å². The van der Waals surface area contributed by atoms with Crippen molar-refractivity contribution in [2.75, 3.05) is 20.3 Å². The first-order chi connectivity index (χ1) is 7.24. The van der Waals surface area contributed by atoms with Gasteiger partial charge in [0.2, 0.25) is 0 Å². The number of nitrogens with one attached hydrogen (secondary N) is 1. The van der Waals surface area contributed by atoms with Gasteiger partial charge in [0, 0.05) is 25.7 Å². The lowest BCUT2D eigenvalue weighted by molar-refractivity contribution is 0.172. The van der Waals surface area contributed by atoms with Crippen LogP contribution < -0.4 is 10.5 Å². The van der Waals surface area contributed by atoms with Crippen LogP contribution >= 0.6 is 0 Å². The molecule has 0 saturated heterocycles. The highest BCUT2D eigenvalue weighted by Gasteiger charge is 1.98. The van der Waals surface area contributed by atoms with E-state index in [4.69, 9.17) is 20.6 Å². The Morgan fingerprint density at radius 2 is 2.20 bits per heavy atom. The third kappa shape index (κ3) is 3.99. The molecular weight excluding hydrogens is 192 g/mol. The predicted molar refractivity (Wildman–Crippen MR) is 59.4 cm³/mol. The molecule has 1 rings (SSSR count). The van der Waals surface area contributed by atoms with Crippen molar-refractivity contribution in [3.8, 4) is 5.75 Å². The van der Waals surface area contributed by atoms with Crippen molar-refractivity contribution in [1.82, 2.24) is 0 Å². The molecule has 3 N–H and O–H groups in total. The van der Waals surface area contributed by atoms with Crippen LogP contribution in [-0.4, -0.2) is 26.2 Å². The van der Waals surface area contributed by atoms with Crippen molar-refractivity contribution >= 4 is 5.84 Å².